The standard InChI is InChI=1S/C10H3BrCl4N2O/c11-4-3-16-10(15)17-9(4)18-8-2-6(13)5(12)1-7(8)14/h1-3H. The highest BCUT2D eigenvalue weighted by Gasteiger charge is 2.12. The van der Waals surface area contributed by atoms with Gasteiger partial charge in [0.15, 0.2) is 0 Å². The van der Waals surface area contributed by atoms with Gasteiger partial charge in [-0.3, -0.25) is 0 Å². The highest BCUT2D eigenvalue weighted by atomic mass is 79.9. The van der Waals surface area contributed by atoms with Crippen molar-refractivity contribution in [2.75, 3.05) is 0 Å². The van der Waals surface area contributed by atoms with Crippen LogP contribution in [-0.4, -0.2) is 9.97 Å². The summed E-state index contributed by atoms with van der Waals surface area (Å²) < 4.78 is 6.04. The summed E-state index contributed by atoms with van der Waals surface area (Å²) >= 11 is 26.6. The molecule has 0 aliphatic rings. The van der Waals surface area contributed by atoms with E-state index in [1.165, 1.54) is 18.3 Å². The topological polar surface area (TPSA) is 35.0 Å². The van der Waals surface area contributed by atoms with Crippen LogP contribution in [0.1, 0.15) is 0 Å². The van der Waals surface area contributed by atoms with Gasteiger partial charge in [-0.05, 0) is 33.6 Å². The van der Waals surface area contributed by atoms with Crippen LogP contribution in [0, 0.1) is 0 Å². The van der Waals surface area contributed by atoms with Crippen molar-refractivity contribution in [3.05, 3.63) is 43.2 Å². The van der Waals surface area contributed by atoms with Gasteiger partial charge >= 0.3 is 0 Å². The molecule has 18 heavy (non-hydrogen) atoms. The Kier molecular flexibility index (Phi) is 4.56. The van der Waals surface area contributed by atoms with Crippen LogP contribution in [0.5, 0.6) is 11.6 Å². The lowest BCUT2D eigenvalue weighted by atomic mass is 10.3. The monoisotopic (exact) mass is 386 g/mol. The van der Waals surface area contributed by atoms with E-state index < -0.39 is 0 Å². The van der Waals surface area contributed by atoms with Gasteiger partial charge in [0.2, 0.25) is 11.2 Å². The fraction of sp³-hybridized carbons (Fsp3) is 0. The minimum Gasteiger partial charge on any atom is -0.436 e. The maximum atomic E-state index is 5.98. The lowest BCUT2D eigenvalue weighted by molar-refractivity contribution is 0.458. The largest absolute Gasteiger partial charge is 0.436 e. The molecule has 0 aliphatic carbocycles. The second-order valence-electron chi connectivity index (χ2n) is 3.09. The lowest BCUT2D eigenvalue weighted by Crippen LogP contribution is -1.92. The van der Waals surface area contributed by atoms with Gasteiger partial charge in [-0.25, -0.2) is 4.98 Å². The first-order chi connectivity index (χ1) is 8.47. The molecule has 0 fully saturated rings. The fourth-order valence-corrected chi connectivity index (χ4v) is 2.06. The van der Waals surface area contributed by atoms with Crippen LogP contribution in [0.2, 0.25) is 20.4 Å². The Labute approximate surface area is 131 Å². The molecule has 2 aromatic rings. The van der Waals surface area contributed by atoms with Gasteiger partial charge in [-0.15, -0.1) is 0 Å². The van der Waals surface area contributed by atoms with E-state index in [1.807, 2.05) is 0 Å². The van der Waals surface area contributed by atoms with E-state index in [9.17, 15) is 0 Å². The predicted octanol–water partition coefficient (Wildman–Crippen LogP) is 5.65. The van der Waals surface area contributed by atoms with Crippen molar-refractivity contribution in [3.63, 3.8) is 0 Å². The Bertz CT molecular complexity index is 609. The summed E-state index contributed by atoms with van der Waals surface area (Å²) in [7, 11) is 0. The molecule has 0 amide bonds. The number of hydrogen-bond donors (Lipinski definition) is 0. The molecule has 0 spiro atoms. The van der Waals surface area contributed by atoms with Crippen molar-refractivity contribution in [1.29, 1.82) is 0 Å². The van der Waals surface area contributed by atoms with Gasteiger partial charge in [0.1, 0.15) is 5.75 Å². The Morgan fingerprint density at radius 3 is 2.39 bits per heavy atom. The average Bonchev–Trinajstić information content (AvgIpc) is 2.30. The summed E-state index contributed by atoms with van der Waals surface area (Å²) in [6.45, 7) is 0. The third-order valence-electron chi connectivity index (χ3n) is 1.86. The summed E-state index contributed by atoms with van der Waals surface area (Å²) in [4.78, 5) is 7.69. The molecule has 0 atom stereocenters. The molecule has 0 bridgehead atoms. The van der Waals surface area contributed by atoms with E-state index in [4.69, 9.17) is 51.1 Å². The summed E-state index contributed by atoms with van der Waals surface area (Å²) in [5.74, 6) is 0.553. The molecule has 0 N–H and O–H groups in total. The van der Waals surface area contributed by atoms with Gasteiger partial charge in [0.05, 0.1) is 19.5 Å². The normalized spacial score (nSPS) is 10.5. The third kappa shape index (κ3) is 3.19. The van der Waals surface area contributed by atoms with E-state index >= 15 is 0 Å². The van der Waals surface area contributed by atoms with E-state index in [-0.39, 0.29) is 11.2 Å². The van der Waals surface area contributed by atoms with E-state index in [0.29, 0.717) is 25.3 Å². The lowest BCUT2D eigenvalue weighted by Gasteiger charge is -2.09. The zero-order valence-electron chi connectivity index (χ0n) is 8.42. The average molecular weight is 389 g/mol. The summed E-state index contributed by atoms with van der Waals surface area (Å²) in [6.07, 6.45) is 1.47. The van der Waals surface area contributed by atoms with Gasteiger partial charge in [0, 0.05) is 12.3 Å². The Morgan fingerprint density at radius 2 is 1.67 bits per heavy atom. The fourth-order valence-electron chi connectivity index (χ4n) is 1.09. The second kappa shape index (κ2) is 5.80. The number of halogens is 5. The highest BCUT2D eigenvalue weighted by Crippen LogP contribution is 2.37. The number of benzene rings is 1. The van der Waals surface area contributed by atoms with Crippen molar-refractivity contribution in [2.24, 2.45) is 0 Å². The number of ether oxygens (including phenoxy) is 1. The number of hydrogen-bond acceptors (Lipinski definition) is 3. The van der Waals surface area contributed by atoms with Crippen LogP contribution in [0.4, 0.5) is 0 Å². The molecular weight excluding hydrogens is 386 g/mol. The van der Waals surface area contributed by atoms with Crippen LogP contribution in [0.15, 0.2) is 22.8 Å². The zero-order valence-corrected chi connectivity index (χ0v) is 13.0. The molecule has 2 rings (SSSR count). The summed E-state index contributed by atoms with van der Waals surface area (Å²) in [5.41, 5.74) is 0. The first-order valence-corrected chi connectivity index (χ1v) is 6.78. The Hall–Kier alpha value is -0.260. The Balaban J connectivity index is 2.40. The zero-order chi connectivity index (χ0) is 13.3. The van der Waals surface area contributed by atoms with Crippen molar-refractivity contribution >= 4 is 62.3 Å². The first-order valence-electron chi connectivity index (χ1n) is 4.48. The SMILES string of the molecule is Clc1ncc(Br)c(Oc2cc(Cl)c(Cl)cc2Cl)n1. The predicted molar refractivity (Wildman–Crippen MR) is 76.3 cm³/mol. The van der Waals surface area contributed by atoms with E-state index in [1.54, 1.807) is 0 Å². The summed E-state index contributed by atoms with van der Waals surface area (Å²) in [6, 6.07) is 2.98. The van der Waals surface area contributed by atoms with Crippen LogP contribution in [0.25, 0.3) is 0 Å². The number of aromatic nitrogens is 2. The number of rotatable bonds is 2. The molecular formula is C10H3BrCl4N2O. The van der Waals surface area contributed by atoms with Crippen molar-refractivity contribution in [2.45, 2.75) is 0 Å². The molecule has 0 unspecified atom stereocenters. The minimum atomic E-state index is 0.0596. The van der Waals surface area contributed by atoms with Crippen LogP contribution in [0.3, 0.4) is 0 Å². The summed E-state index contributed by atoms with van der Waals surface area (Å²) in [5, 5.41) is 1.04. The first kappa shape index (κ1) is 14.2. The minimum absolute atomic E-state index is 0.0596. The Morgan fingerprint density at radius 1 is 1.00 bits per heavy atom. The van der Waals surface area contributed by atoms with Gasteiger partial charge < -0.3 is 4.74 Å². The van der Waals surface area contributed by atoms with Gasteiger partial charge in [-0.1, -0.05) is 34.8 Å². The van der Waals surface area contributed by atoms with Crippen LogP contribution >= 0.6 is 62.3 Å². The van der Waals surface area contributed by atoms with Gasteiger partial charge in [-0.2, -0.15) is 4.98 Å². The van der Waals surface area contributed by atoms with Crippen molar-refractivity contribution in [3.8, 4) is 11.6 Å². The third-order valence-corrected chi connectivity index (χ3v) is 3.61. The molecule has 0 saturated heterocycles. The molecule has 3 nitrogen and oxygen atoms in total. The molecule has 0 radical (unpaired) electrons. The van der Waals surface area contributed by atoms with Gasteiger partial charge in [0.25, 0.3) is 0 Å². The highest BCUT2D eigenvalue weighted by molar-refractivity contribution is 9.10. The van der Waals surface area contributed by atoms with Crippen LogP contribution < -0.4 is 4.74 Å². The molecule has 0 aliphatic heterocycles. The number of nitrogens with zero attached hydrogens (tertiary/aromatic N) is 2. The molecule has 1 aromatic carbocycles. The molecule has 0 saturated carbocycles. The molecule has 8 heteroatoms. The van der Waals surface area contributed by atoms with Crippen molar-refractivity contribution in [1.82, 2.24) is 9.97 Å². The maximum absolute atomic E-state index is 5.98. The van der Waals surface area contributed by atoms with Crippen LogP contribution in [-0.2, 0) is 0 Å². The van der Waals surface area contributed by atoms with E-state index in [2.05, 4.69) is 25.9 Å². The van der Waals surface area contributed by atoms with Crippen molar-refractivity contribution < 1.29 is 4.74 Å². The quantitative estimate of drug-likeness (QED) is 0.493. The smallest absolute Gasteiger partial charge is 0.238 e. The van der Waals surface area contributed by atoms with E-state index in [0.717, 1.165) is 0 Å². The second-order valence-corrected chi connectivity index (χ2v) is 5.50. The molecule has 1 heterocycles. The molecule has 94 valence electrons. The maximum Gasteiger partial charge on any atom is 0.238 e. The molecule has 1 aromatic heterocycles.